The number of pyridine rings is 1. The summed E-state index contributed by atoms with van der Waals surface area (Å²) in [4.78, 5) is 48.1. The third-order valence-electron chi connectivity index (χ3n) is 9.87. The van der Waals surface area contributed by atoms with E-state index >= 15 is 0 Å². The monoisotopic (exact) mass is 757 g/mol. The molecular formula is C38H55N5O9S. The van der Waals surface area contributed by atoms with Crippen LogP contribution in [0.4, 0.5) is 4.79 Å². The van der Waals surface area contributed by atoms with E-state index in [1.54, 1.807) is 27.7 Å². The zero-order valence-corrected chi connectivity index (χ0v) is 33.1. The van der Waals surface area contributed by atoms with E-state index in [-0.39, 0.29) is 24.6 Å². The fraction of sp³-hybridized carbons (Fsp3) is 0.632. The molecule has 2 saturated carbocycles. The van der Waals surface area contributed by atoms with E-state index in [1.807, 2.05) is 65.0 Å². The van der Waals surface area contributed by atoms with Crippen LogP contribution in [0.1, 0.15) is 94.4 Å². The number of likely N-dealkylation sites (tertiary alicyclic amines) is 1. The fourth-order valence-corrected chi connectivity index (χ4v) is 7.96. The Morgan fingerprint density at radius 3 is 2.36 bits per heavy atom. The third kappa shape index (κ3) is 9.53. The number of nitrogens with one attached hydrogen (secondary N) is 3. The standard InChI is InChI=1S/C38H55N5O9S/c1-11-25-21-38(25,23(3)42-53(47,48)52-37(10)17-18-37)41-31(44)28-20-26(50-32-27-16-14-13-15-24(27)19-29(39-32)49-12-2)22-43(28)33(45)30(35(4,5)6)40-34(46)51-36(7,8)9/h13-16,19,25-26,28,30,42H,3,11-12,17-18,20-22H2,1-2,4-10H3,(H,40,46)(H,41,44)/t25-,26-,28+,30-,38+/m1/s1. The first-order valence-electron chi connectivity index (χ1n) is 18.3. The van der Waals surface area contributed by atoms with Crippen molar-refractivity contribution in [3.8, 4) is 11.8 Å². The summed E-state index contributed by atoms with van der Waals surface area (Å²) in [6.07, 6.45) is 0.954. The summed E-state index contributed by atoms with van der Waals surface area (Å²) in [5.41, 5.74) is -3.35. The van der Waals surface area contributed by atoms with Crippen LogP contribution in [0.2, 0.25) is 0 Å². The molecule has 1 aliphatic heterocycles. The molecule has 0 spiro atoms. The van der Waals surface area contributed by atoms with Crippen LogP contribution in [-0.4, -0.2) is 84.3 Å². The summed E-state index contributed by atoms with van der Waals surface area (Å²) in [6, 6.07) is 7.24. The Bertz CT molecular complexity index is 1850. The number of carbonyl (C=O) groups is 3. The maximum atomic E-state index is 14.6. The lowest BCUT2D eigenvalue weighted by atomic mass is 9.85. The number of aromatic nitrogens is 1. The van der Waals surface area contributed by atoms with Gasteiger partial charge in [-0.25, -0.2) is 8.98 Å². The molecule has 14 nitrogen and oxygen atoms in total. The normalized spacial score (nSPS) is 24.2. The first kappa shape index (κ1) is 40.1. The minimum absolute atomic E-state index is 0.00142. The van der Waals surface area contributed by atoms with E-state index in [1.165, 1.54) is 4.90 Å². The zero-order chi connectivity index (χ0) is 39.1. The van der Waals surface area contributed by atoms with Gasteiger partial charge in [-0.1, -0.05) is 58.9 Å². The number of nitrogens with zero attached hydrogens (tertiary/aromatic N) is 2. The van der Waals surface area contributed by atoms with Gasteiger partial charge in [0.05, 0.1) is 24.3 Å². The van der Waals surface area contributed by atoms with Crippen molar-refractivity contribution in [1.29, 1.82) is 0 Å². The van der Waals surface area contributed by atoms with E-state index in [4.69, 9.17) is 18.4 Å². The van der Waals surface area contributed by atoms with Gasteiger partial charge in [0, 0.05) is 23.6 Å². The van der Waals surface area contributed by atoms with Gasteiger partial charge >= 0.3 is 16.4 Å². The molecule has 53 heavy (non-hydrogen) atoms. The van der Waals surface area contributed by atoms with Crippen LogP contribution in [-0.2, 0) is 28.8 Å². The van der Waals surface area contributed by atoms with Gasteiger partial charge in [-0.2, -0.15) is 13.4 Å². The number of rotatable bonds is 14. The van der Waals surface area contributed by atoms with Crippen LogP contribution in [0.25, 0.3) is 10.8 Å². The maximum Gasteiger partial charge on any atom is 0.408 e. The summed E-state index contributed by atoms with van der Waals surface area (Å²) in [5, 5.41) is 7.39. The molecule has 5 rings (SSSR count). The molecule has 0 unspecified atom stereocenters. The van der Waals surface area contributed by atoms with Crippen LogP contribution < -0.4 is 24.8 Å². The van der Waals surface area contributed by atoms with Gasteiger partial charge in [-0.3, -0.25) is 14.3 Å². The van der Waals surface area contributed by atoms with E-state index in [9.17, 15) is 22.8 Å². The first-order valence-corrected chi connectivity index (χ1v) is 19.7. The summed E-state index contributed by atoms with van der Waals surface area (Å²) in [5.74, 6) is -0.456. The van der Waals surface area contributed by atoms with E-state index in [0.717, 1.165) is 10.8 Å². The second kappa shape index (κ2) is 14.6. The topological polar surface area (TPSA) is 174 Å². The highest BCUT2D eigenvalue weighted by Crippen LogP contribution is 2.50. The molecule has 1 aromatic heterocycles. The number of amides is 3. The second-order valence-corrected chi connectivity index (χ2v) is 18.0. The Morgan fingerprint density at radius 2 is 1.77 bits per heavy atom. The summed E-state index contributed by atoms with van der Waals surface area (Å²) < 4.78 is 51.4. The summed E-state index contributed by atoms with van der Waals surface area (Å²) >= 11 is 0. The summed E-state index contributed by atoms with van der Waals surface area (Å²) in [7, 11) is -4.21. The van der Waals surface area contributed by atoms with Crippen molar-refractivity contribution in [2.45, 2.75) is 129 Å². The molecule has 0 radical (unpaired) electrons. The van der Waals surface area contributed by atoms with E-state index in [2.05, 4.69) is 26.9 Å². The van der Waals surface area contributed by atoms with Crippen LogP contribution in [0.3, 0.4) is 0 Å². The third-order valence-corrected chi connectivity index (χ3v) is 11.0. The lowest BCUT2D eigenvalue weighted by molar-refractivity contribution is -0.142. The number of ether oxygens (including phenoxy) is 3. The minimum atomic E-state index is -4.21. The molecule has 2 aliphatic carbocycles. The highest BCUT2D eigenvalue weighted by Gasteiger charge is 2.59. The Hall–Kier alpha value is -4.11. The molecule has 5 atom stereocenters. The van der Waals surface area contributed by atoms with E-state index in [0.29, 0.717) is 44.1 Å². The molecule has 292 valence electrons. The van der Waals surface area contributed by atoms with Gasteiger partial charge in [-0.15, -0.1) is 0 Å². The molecule has 3 N–H and O–H groups in total. The van der Waals surface area contributed by atoms with Crippen molar-refractivity contribution in [3.05, 3.63) is 42.6 Å². The SMILES string of the molecule is C=C(NS(=O)(=O)OC1(C)CC1)[C@@]1(NC(=O)[C@@H]2C[C@@H](Oc3nc(OCC)cc4ccccc34)CN2C(=O)[C@@H](NC(=O)OC(C)(C)C)C(C)(C)C)C[C@H]1CC. The molecule has 3 aliphatic rings. The van der Waals surface area contributed by atoms with Crippen molar-refractivity contribution in [3.63, 3.8) is 0 Å². The average Bonchev–Trinajstić information content (AvgIpc) is 3.90. The largest absolute Gasteiger partial charge is 0.478 e. The number of alkyl carbamates (subject to hydrolysis) is 1. The first-order chi connectivity index (χ1) is 24.6. The molecule has 0 bridgehead atoms. The molecule has 2 aromatic rings. The van der Waals surface area contributed by atoms with Gasteiger partial charge < -0.3 is 29.7 Å². The molecule has 3 amide bonds. The molecule has 3 fully saturated rings. The number of hydrogen-bond acceptors (Lipinski definition) is 10. The number of fused-ring (bicyclic) bond motifs is 1. The van der Waals surface area contributed by atoms with Crippen molar-refractivity contribution < 1.29 is 41.2 Å². The Morgan fingerprint density at radius 1 is 1.09 bits per heavy atom. The van der Waals surface area contributed by atoms with Crippen LogP contribution in [0.15, 0.2) is 42.6 Å². The van der Waals surface area contributed by atoms with Gasteiger partial charge in [0.1, 0.15) is 23.8 Å². The van der Waals surface area contributed by atoms with Crippen LogP contribution >= 0.6 is 0 Å². The molecule has 15 heteroatoms. The number of benzene rings is 1. The number of carbonyl (C=O) groups excluding carboxylic acids is 3. The smallest absolute Gasteiger partial charge is 0.408 e. The van der Waals surface area contributed by atoms with Crippen molar-refractivity contribution in [1.82, 2.24) is 25.2 Å². The van der Waals surface area contributed by atoms with E-state index < -0.39 is 68.6 Å². The molecule has 2 heterocycles. The predicted octanol–water partition coefficient (Wildman–Crippen LogP) is 5.12. The maximum absolute atomic E-state index is 14.6. The minimum Gasteiger partial charge on any atom is -0.478 e. The predicted molar refractivity (Wildman–Crippen MR) is 199 cm³/mol. The van der Waals surface area contributed by atoms with Gasteiger partial charge in [0.15, 0.2) is 0 Å². The Balaban J connectivity index is 1.45. The lowest BCUT2D eigenvalue weighted by Gasteiger charge is -2.36. The molecule has 1 aromatic carbocycles. The lowest BCUT2D eigenvalue weighted by Crippen LogP contribution is -2.59. The van der Waals surface area contributed by atoms with Gasteiger partial charge in [0.2, 0.25) is 23.6 Å². The van der Waals surface area contributed by atoms with Gasteiger partial charge in [-0.05, 0) is 76.7 Å². The quantitative estimate of drug-likeness (QED) is 0.235. The van der Waals surface area contributed by atoms with Crippen molar-refractivity contribution in [2.24, 2.45) is 11.3 Å². The van der Waals surface area contributed by atoms with Gasteiger partial charge in [0.25, 0.3) is 0 Å². The number of hydrogen-bond donors (Lipinski definition) is 3. The second-order valence-electron chi connectivity index (χ2n) is 16.7. The summed E-state index contributed by atoms with van der Waals surface area (Å²) in [6.45, 7) is 20.6. The van der Waals surface area contributed by atoms with Crippen molar-refractivity contribution in [2.75, 3.05) is 13.2 Å². The van der Waals surface area contributed by atoms with Crippen LogP contribution in [0.5, 0.6) is 11.8 Å². The zero-order valence-electron chi connectivity index (χ0n) is 32.3. The highest BCUT2D eigenvalue weighted by molar-refractivity contribution is 7.84. The van der Waals surface area contributed by atoms with Crippen LogP contribution in [0, 0.1) is 11.3 Å². The Labute approximate surface area is 313 Å². The fourth-order valence-electron chi connectivity index (χ4n) is 6.74. The Kier molecular flexibility index (Phi) is 11.1. The average molecular weight is 758 g/mol. The molecular weight excluding hydrogens is 703 g/mol. The van der Waals surface area contributed by atoms with Crippen molar-refractivity contribution >= 4 is 39.0 Å². The molecule has 1 saturated heterocycles. The highest BCUT2D eigenvalue weighted by atomic mass is 32.2.